The Bertz CT molecular complexity index is 360. The molecule has 1 N–H and O–H groups in total. The van der Waals surface area contributed by atoms with Crippen molar-refractivity contribution in [2.24, 2.45) is 0 Å². The highest BCUT2D eigenvalue weighted by molar-refractivity contribution is 5.45. The van der Waals surface area contributed by atoms with Crippen molar-refractivity contribution in [3.63, 3.8) is 0 Å². The Morgan fingerprint density at radius 3 is 3.06 bits per heavy atom. The third kappa shape index (κ3) is 2.07. The molecule has 2 rings (SSSR count). The van der Waals surface area contributed by atoms with Gasteiger partial charge in [-0.3, -0.25) is 0 Å². The standard InChI is InChI=1S/C14H20O2/c1-3-10(2)11-6-4-7-12-13(15)8-5-9-16-14(11)12/h4,6-7,10,13,15H,3,5,8-9H2,1-2H3/t10?,13-/m0/s1. The Balaban J connectivity index is 2.44. The molecule has 0 spiro atoms. The number of hydrogen-bond acceptors (Lipinski definition) is 2. The molecular weight excluding hydrogens is 200 g/mol. The number of benzene rings is 1. The fraction of sp³-hybridized carbons (Fsp3) is 0.571. The summed E-state index contributed by atoms with van der Waals surface area (Å²) in [4.78, 5) is 0. The van der Waals surface area contributed by atoms with Gasteiger partial charge in [0.25, 0.3) is 0 Å². The van der Waals surface area contributed by atoms with Crippen LogP contribution in [0.1, 0.15) is 56.3 Å². The Labute approximate surface area is 97.3 Å². The summed E-state index contributed by atoms with van der Waals surface area (Å²) < 4.78 is 5.81. The van der Waals surface area contributed by atoms with Crippen LogP contribution < -0.4 is 4.74 Å². The van der Waals surface area contributed by atoms with Crippen LogP contribution in [0.25, 0.3) is 0 Å². The predicted molar refractivity (Wildman–Crippen MR) is 64.8 cm³/mol. The summed E-state index contributed by atoms with van der Waals surface area (Å²) in [5.74, 6) is 1.42. The number of aliphatic hydroxyl groups excluding tert-OH is 1. The van der Waals surface area contributed by atoms with Crippen molar-refractivity contribution in [3.8, 4) is 5.75 Å². The largest absolute Gasteiger partial charge is 0.493 e. The van der Waals surface area contributed by atoms with Gasteiger partial charge in [-0.15, -0.1) is 0 Å². The molecule has 0 fully saturated rings. The van der Waals surface area contributed by atoms with Gasteiger partial charge in [0.05, 0.1) is 12.7 Å². The van der Waals surface area contributed by atoms with E-state index in [9.17, 15) is 5.11 Å². The van der Waals surface area contributed by atoms with Crippen LogP contribution in [0.3, 0.4) is 0 Å². The Morgan fingerprint density at radius 1 is 1.50 bits per heavy atom. The number of para-hydroxylation sites is 1. The molecule has 2 nitrogen and oxygen atoms in total. The maximum absolute atomic E-state index is 10.0. The Hall–Kier alpha value is -1.02. The lowest BCUT2D eigenvalue weighted by Crippen LogP contribution is -2.03. The molecule has 0 aliphatic carbocycles. The number of fused-ring (bicyclic) bond motifs is 1. The van der Waals surface area contributed by atoms with Crippen molar-refractivity contribution >= 4 is 0 Å². The summed E-state index contributed by atoms with van der Waals surface area (Å²) >= 11 is 0. The molecule has 1 aliphatic heterocycles. The van der Waals surface area contributed by atoms with Gasteiger partial charge in [-0.2, -0.15) is 0 Å². The normalized spacial score (nSPS) is 21.8. The van der Waals surface area contributed by atoms with E-state index < -0.39 is 0 Å². The lowest BCUT2D eigenvalue weighted by atomic mass is 9.93. The monoisotopic (exact) mass is 220 g/mol. The van der Waals surface area contributed by atoms with Crippen molar-refractivity contribution in [2.45, 2.75) is 45.1 Å². The summed E-state index contributed by atoms with van der Waals surface area (Å²) in [6.45, 7) is 5.10. The van der Waals surface area contributed by atoms with E-state index in [2.05, 4.69) is 19.9 Å². The molecule has 0 bridgehead atoms. The topological polar surface area (TPSA) is 29.5 Å². The lowest BCUT2D eigenvalue weighted by Gasteiger charge is -2.18. The van der Waals surface area contributed by atoms with Gasteiger partial charge >= 0.3 is 0 Å². The molecule has 88 valence electrons. The number of rotatable bonds is 2. The van der Waals surface area contributed by atoms with E-state index in [1.807, 2.05) is 12.1 Å². The molecule has 1 aliphatic rings. The van der Waals surface area contributed by atoms with E-state index in [0.29, 0.717) is 5.92 Å². The molecule has 0 aromatic heterocycles. The molecule has 0 amide bonds. The zero-order valence-corrected chi connectivity index (χ0v) is 10.1. The molecule has 1 heterocycles. The first-order valence-corrected chi connectivity index (χ1v) is 6.17. The van der Waals surface area contributed by atoms with E-state index in [1.54, 1.807) is 0 Å². The number of ether oxygens (including phenoxy) is 1. The number of aliphatic hydroxyl groups is 1. The second kappa shape index (κ2) is 4.88. The van der Waals surface area contributed by atoms with Crippen LogP contribution in [0.15, 0.2) is 18.2 Å². The van der Waals surface area contributed by atoms with Crippen LogP contribution in [0.5, 0.6) is 5.75 Å². The van der Waals surface area contributed by atoms with Crippen molar-refractivity contribution in [1.29, 1.82) is 0 Å². The van der Waals surface area contributed by atoms with Gasteiger partial charge in [0, 0.05) is 5.56 Å². The van der Waals surface area contributed by atoms with E-state index in [0.717, 1.165) is 37.2 Å². The van der Waals surface area contributed by atoms with Gasteiger partial charge in [0.2, 0.25) is 0 Å². The maximum Gasteiger partial charge on any atom is 0.128 e. The van der Waals surface area contributed by atoms with Crippen molar-refractivity contribution in [1.82, 2.24) is 0 Å². The van der Waals surface area contributed by atoms with Gasteiger partial charge in [-0.05, 0) is 30.7 Å². The number of hydrogen-bond donors (Lipinski definition) is 1. The van der Waals surface area contributed by atoms with Gasteiger partial charge in [0.15, 0.2) is 0 Å². The van der Waals surface area contributed by atoms with Gasteiger partial charge in [-0.1, -0.05) is 32.0 Å². The zero-order chi connectivity index (χ0) is 11.5. The minimum atomic E-state index is -0.360. The van der Waals surface area contributed by atoms with E-state index in [1.165, 1.54) is 5.56 Å². The second-order valence-electron chi connectivity index (χ2n) is 4.58. The highest BCUT2D eigenvalue weighted by Gasteiger charge is 2.21. The summed E-state index contributed by atoms with van der Waals surface area (Å²) in [5, 5.41) is 10.0. The predicted octanol–water partition coefficient (Wildman–Crippen LogP) is 3.41. The fourth-order valence-corrected chi connectivity index (χ4v) is 2.22. The highest BCUT2D eigenvalue weighted by atomic mass is 16.5. The SMILES string of the molecule is CCC(C)c1cccc2c1OCCC[C@@H]2O. The molecule has 1 aromatic carbocycles. The Kier molecular flexibility index (Phi) is 3.49. The van der Waals surface area contributed by atoms with Crippen molar-refractivity contribution in [3.05, 3.63) is 29.3 Å². The summed E-state index contributed by atoms with van der Waals surface area (Å²) in [5.41, 5.74) is 2.20. The third-order valence-corrected chi connectivity index (χ3v) is 3.45. The summed E-state index contributed by atoms with van der Waals surface area (Å²) in [7, 11) is 0. The fourth-order valence-electron chi connectivity index (χ4n) is 2.22. The first-order chi connectivity index (χ1) is 7.74. The molecule has 2 atom stereocenters. The lowest BCUT2D eigenvalue weighted by molar-refractivity contribution is 0.167. The average Bonchev–Trinajstić information content (AvgIpc) is 2.50. The van der Waals surface area contributed by atoms with Gasteiger partial charge in [0.1, 0.15) is 5.75 Å². The minimum absolute atomic E-state index is 0.360. The molecule has 1 unspecified atom stereocenters. The smallest absolute Gasteiger partial charge is 0.128 e. The quantitative estimate of drug-likeness (QED) is 0.827. The second-order valence-corrected chi connectivity index (χ2v) is 4.58. The van der Waals surface area contributed by atoms with Crippen LogP contribution in [0, 0.1) is 0 Å². The van der Waals surface area contributed by atoms with Crippen LogP contribution >= 0.6 is 0 Å². The molecule has 0 saturated heterocycles. The highest BCUT2D eigenvalue weighted by Crippen LogP contribution is 2.38. The summed E-state index contributed by atoms with van der Waals surface area (Å²) in [6, 6.07) is 6.13. The van der Waals surface area contributed by atoms with Crippen LogP contribution in [0.4, 0.5) is 0 Å². The molecule has 1 aromatic rings. The van der Waals surface area contributed by atoms with Gasteiger partial charge in [-0.25, -0.2) is 0 Å². The molecular formula is C14H20O2. The summed E-state index contributed by atoms with van der Waals surface area (Å²) in [6.07, 6.45) is 2.46. The van der Waals surface area contributed by atoms with E-state index >= 15 is 0 Å². The first-order valence-electron chi connectivity index (χ1n) is 6.17. The minimum Gasteiger partial charge on any atom is -0.493 e. The average molecular weight is 220 g/mol. The van der Waals surface area contributed by atoms with Gasteiger partial charge < -0.3 is 9.84 Å². The van der Waals surface area contributed by atoms with Crippen LogP contribution in [-0.4, -0.2) is 11.7 Å². The molecule has 0 saturated carbocycles. The molecule has 2 heteroatoms. The van der Waals surface area contributed by atoms with Crippen LogP contribution in [-0.2, 0) is 0 Å². The Morgan fingerprint density at radius 2 is 2.31 bits per heavy atom. The van der Waals surface area contributed by atoms with Crippen molar-refractivity contribution < 1.29 is 9.84 Å². The van der Waals surface area contributed by atoms with E-state index in [4.69, 9.17) is 4.74 Å². The third-order valence-electron chi connectivity index (χ3n) is 3.45. The maximum atomic E-state index is 10.0. The molecule has 16 heavy (non-hydrogen) atoms. The van der Waals surface area contributed by atoms with Crippen LogP contribution in [0.2, 0.25) is 0 Å². The first kappa shape index (κ1) is 11.5. The van der Waals surface area contributed by atoms with Crippen molar-refractivity contribution in [2.75, 3.05) is 6.61 Å². The molecule has 0 radical (unpaired) electrons. The van der Waals surface area contributed by atoms with E-state index in [-0.39, 0.29) is 6.10 Å². The zero-order valence-electron chi connectivity index (χ0n) is 10.1.